The Morgan fingerprint density at radius 3 is 2.41 bits per heavy atom. The fourth-order valence-electron chi connectivity index (χ4n) is 5.17. The summed E-state index contributed by atoms with van der Waals surface area (Å²) in [4.78, 5) is 27.4. The van der Waals surface area contributed by atoms with Gasteiger partial charge in [0, 0.05) is 31.9 Å². The fraction of sp³-hybridized carbons (Fsp3) is 0.281. The second-order valence-corrected chi connectivity index (χ2v) is 9.92. The van der Waals surface area contributed by atoms with Gasteiger partial charge < -0.3 is 19.6 Å². The molecule has 39 heavy (non-hydrogen) atoms. The maximum absolute atomic E-state index is 14.1. The number of hydrogen-bond donors (Lipinski definition) is 1. The van der Waals surface area contributed by atoms with Gasteiger partial charge in [0.25, 0.3) is 5.91 Å². The van der Waals surface area contributed by atoms with E-state index < -0.39 is 6.10 Å². The van der Waals surface area contributed by atoms with E-state index in [0.717, 1.165) is 41.7 Å². The van der Waals surface area contributed by atoms with Crippen LogP contribution in [-0.4, -0.2) is 52.6 Å². The third-order valence-corrected chi connectivity index (χ3v) is 7.29. The molecule has 4 aromatic rings. The molecule has 200 valence electrons. The van der Waals surface area contributed by atoms with Crippen molar-refractivity contribution in [2.75, 3.05) is 25.6 Å². The van der Waals surface area contributed by atoms with E-state index in [1.807, 2.05) is 84.7 Å². The molecule has 0 aliphatic carbocycles. The Bertz CT molecular complexity index is 1380. The minimum absolute atomic E-state index is 0.164. The van der Waals surface area contributed by atoms with Crippen molar-refractivity contribution in [1.82, 2.24) is 14.9 Å². The Kier molecular flexibility index (Phi) is 8.18. The molecule has 7 heteroatoms. The van der Waals surface area contributed by atoms with Crippen LogP contribution in [0.15, 0.2) is 91.1 Å². The average Bonchev–Trinajstić information content (AvgIpc) is 3.01. The number of hydrogen-bond acceptors (Lipinski definition) is 6. The number of amides is 1. The van der Waals surface area contributed by atoms with Crippen LogP contribution < -0.4 is 9.64 Å². The minimum atomic E-state index is -0.808. The smallest absolute Gasteiger partial charge is 0.258 e. The molecule has 0 radical (unpaired) electrons. The van der Waals surface area contributed by atoms with Crippen molar-refractivity contribution in [3.63, 3.8) is 0 Å². The van der Waals surface area contributed by atoms with Gasteiger partial charge in [-0.05, 0) is 42.5 Å². The van der Waals surface area contributed by atoms with Crippen LogP contribution in [0, 0.1) is 0 Å². The number of nitrogens with zero attached hydrogens (tertiary/aromatic N) is 4. The third-order valence-electron chi connectivity index (χ3n) is 7.29. The normalized spacial score (nSPS) is 16.0. The highest BCUT2D eigenvalue weighted by Crippen LogP contribution is 2.33. The fourth-order valence-corrected chi connectivity index (χ4v) is 5.17. The van der Waals surface area contributed by atoms with Crippen LogP contribution >= 0.6 is 0 Å². The lowest BCUT2D eigenvalue weighted by molar-refractivity contribution is 0.0212. The molecule has 0 bridgehead atoms. The van der Waals surface area contributed by atoms with Crippen molar-refractivity contribution in [2.24, 2.45) is 0 Å². The van der Waals surface area contributed by atoms with Crippen LogP contribution in [0.4, 0.5) is 5.95 Å². The molecule has 1 aliphatic rings. The number of carbonyl (C=O) groups is 1. The molecule has 1 fully saturated rings. The van der Waals surface area contributed by atoms with Gasteiger partial charge in [0.05, 0.1) is 30.5 Å². The van der Waals surface area contributed by atoms with Crippen LogP contribution in [-0.2, 0) is 6.54 Å². The number of rotatable bonds is 8. The summed E-state index contributed by atoms with van der Waals surface area (Å²) < 4.78 is 5.26. The Labute approximate surface area is 229 Å². The van der Waals surface area contributed by atoms with E-state index in [0.29, 0.717) is 30.3 Å². The summed E-state index contributed by atoms with van der Waals surface area (Å²) in [6.07, 6.45) is 3.39. The van der Waals surface area contributed by atoms with Crippen molar-refractivity contribution in [3.8, 4) is 17.0 Å². The minimum Gasteiger partial charge on any atom is -0.497 e. The summed E-state index contributed by atoms with van der Waals surface area (Å²) in [5, 5.41) is 11.3. The van der Waals surface area contributed by atoms with Crippen LogP contribution in [0.1, 0.15) is 46.9 Å². The first-order valence-electron chi connectivity index (χ1n) is 13.4. The van der Waals surface area contributed by atoms with Crippen molar-refractivity contribution in [1.29, 1.82) is 0 Å². The maximum Gasteiger partial charge on any atom is 0.258 e. The number of ether oxygens (including phenoxy) is 1. The lowest BCUT2D eigenvalue weighted by Crippen LogP contribution is -2.47. The molecule has 1 N–H and O–H groups in total. The predicted molar refractivity (Wildman–Crippen MR) is 153 cm³/mol. The van der Waals surface area contributed by atoms with Crippen LogP contribution in [0.3, 0.4) is 0 Å². The molecule has 2 unspecified atom stereocenters. The standard InChI is InChI=1S/C32H34N4O3/c1-35(22-23-11-5-3-6-12-23)32-33-21-27(29(34-32)24-13-7-4-8-14-24)31(38)36-20-10-9-15-28(36)30(37)25-16-18-26(39-2)19-17-25/h3-8,11-14,16-19,21,28,30,37H,9-10,15,20,22H2,1-2H3. The number of piperidine rings is 1. The Morgan fingerprint density at radius 1 is 1.03 bits per heavy atom. The lowest BCUT2D eigenvalue weighted by Gasteiger charge is -2.39. The number of aliphatic hydroxyl groups is 1. The number of carbonyl (C=O) groups excluding carboxylic acids is 1. The zero-order chi connectivity index (χ0) is 27.2. The third kappa shape index (κ3) is 5.94. The van der Waals surface area contributed by atoms with Gasteiger partial charge in [-0.25, -0.2) is 9.97 Å². The number of methoxy groups -OCH3 is 1. The molecular formula is C32H34N4O3. The number of benzene rings is 3. The van der Waals surface area contributed by atoms with E-state index in [1.165, 1.54) is 0 Å². The van der Waals surface area contributed by atoms with Crippen molar-refractivity contribution in [2.45, 2.75) is 38.0 Å². The van der Waals surface area contributed by atoms with E-state index in [1.54, 1.807) is 18.2 Å². The first-order valence-corrected chi connectivity index (χ1v) is 13.4. The summed E-state index contributed by atoms with van der Waals surface area (Å²) in [7, 11) is 3.56. The first-order chi connectivity index (χ1) is 19.0. The highest BCUT2D eigenvalue weighted by molar-refractivity contribution is 6.00. The van der Waals surface area contributed by atoms with Gasteiger partial charge in [-0.3, -0.25) is 4.79 Å². The van der Waals surface area contributed by atoms with Gasteiger partial charge >= 0.3 is 0 Å². The Balaban J connectivity index is 1.47. The molecule has 1 amide bonds. The lowest BCUT2D eigenvalue weighted by atomic mass is 9.92. The Hall–Kier alpha value is -4.23. The molecule has 7 nitrogen and oxygen atoms in total. The largest absolute Gasteiger partial charge is 0.497 e. The summed E-state index contributed by atoms with van der Waals surface area (Å²) in [5.74, 6) is 1.11. The van der Waals surface area contributed by atoms with E-state index >= 15 is 0 Å². The van der Waals surface area contributed by atoms with Gasteiger partial charge in [-0.1, -0.05) is 72.8 Å². The summed E-state index contributed by atoms with van der Waals surface area (Å²) in [5.41, 5.74) is 3.79. The van der Waals surface area contributed by atoms with E-state index in [9.17, 15) is 9.90 Å². The predicted octanol–water partition coefficient (Wildman–Crippen LogP) is 5.52. The molecule has 1 aromatic heterocycles. The van der Waals surface area contributed by atoms with Crippen LogP contribution in [0.5, 0.6) is 5.75 Å². The molecule has 0 spiro atoms. The SMILES string of the molecule is COc1ccc(C(O)C2CCCCN2C(=O)c2cnc(N(C)Cc3ccccc3)nc2-c2ccccc2)cc1. The number of anilines is 1. The summed E-state index contributed by atoms with van der Waals surface area (Å²) >= 11 is 0. The molecule has 2 atom stereocenters. The van der Waals surface area contributed by atoms with Gasteiger partial charge in [-0.15, -0.1) is 0 Å². The molecule has 2 heterocycles. The van der Waals surface area contributed by atoms with Crippen molar-refractivity contribution in [3.05, 3.63) is 108 Å². The van der Waals surface area contributed by atoms with Crippen LogP contribution in [0.25, 0.3) is 11.3 Å². The van der Waals surface area contributed by atoms with E-state index in [-0.39, 0.29) is 11.9 Å². The number of likely N-dealkylation sites (tertiary alicyclic amines) is 1. The summed E-state index contributed by atoms with van der Waals surface area (Å²) in [6, 6.07) is 26.9. The summed E-state index contributed by atoms with van der Waals surface area (Å²) in [6.45, 7) is 1.21. The zero-order valence-electron chi connectivity index (χ0n) is 22.4. The highest BCUT2D eigenvalue weighted by Gasteiger charge is 2.35. The molecule has 1 saturated heterocycles. The molecule has 5 rings (SSSR count). The highest BCUT2D eigenvalue weighted by atomic mass is 16.5. The number of aromatic nitrogens is 2. The van der Waals surface area contributed by atoms with Gasteiger partial charge in [0.1, 0.15) is 5.75 Å². The van der Waals surface area contributed by atoms with Gasteiger partial charge in [-0.2, -0.15) is 0 Å². The quantitative estimate of drug-likeness (QED) is 0.328. The van der Waals surface area contributed by atoms with E-state index in [4.69, 9.17) is 9.72 Å². The van der Waals surface area contributed by atoms with E-state index in [2.05, 4.69) is 17.1 Å². The molecule has 3 aromatic carbocycles. The maximum atomic E-state index is 14.1. The van der Waals surface area contributed by atoms with Crippen molar-refractivity contribution < 1.29 is 14.6 Å². The number of aliphatic hydroxyl groups excluding tert-OH is 1. The molecular weight excluding hydrogens is 488 g/mol. The van der Waals surface area contributed by atoms with Gasteiger partial charge in [0.15, 0.2) is 0 Å². The average molecular weight is 523 g/mol. The Morgan fingerprint density at radius 2 is 1.72 bits per heavy atom. The topological polar surface area (TPSA) is 78.8 Å². The molecule has 0 saturated carbocycles. The first kappa shape index (κ1) is 26.4. The zero-order valence-corrected chi connectivity index (χ0v) is 22.4. The monoisotopic (exact) mass is 522 g/mol. The van der Waals surface area contributed by atoms with Crippen molar-refractivity contribution >= 4 is 11.9 Å². The second-order valence-electron chi connectivity index (χ2n) is 9.92. The molecule has 1 aliphatic heterocycles. The van der Waals surface area contributed by atoms with Gasteiger partial charge in [0.2, 0.25) is 5.95 Å². The second kappa shape index (κ2) is 12.1. The van der Waals surface area contributed by atoms with Crippen LogP contribution in [0.2, 0.25) is 0 Å².